The second-order valence-corrected chi connectivity index (χ2v) is 6.84. The molecule has 0 aliphatic heterocycles. The SMILES string of the molecule is C#CCNS(=O)(=O)c1ccc(C(=O)N(C)Cc2cccnc2)cc1. The fourth-order valence-electron chi connectivity index (χ4n) is 2.05. The van der Waals surface area contributed by atoms with Crippen molar-refractivity contribution in [1.29, 1.82) is 0 Å². The van der Waals surface area contributed by atoms with Crippen molar-refractivity contribution in [2.45, 2.75) is 11.4 Å². The summed E-state index contributed by atoms with van der Waals surface area (Å²) in [4.78, 5) is 18.0. The summed E-state index contributed by atoms with van der Waals surface area (Å²) in [6.07, 6.45) is 8.40. The molecule has 24 heavy (non-hydrogen) atoms. The second-order valence-electron chi connectivity index (χ2n) is 5.08. The Hall–Kier alpha value is -2.69. The summed E-state index contributed by atoms with van der Waals surface area (Å²) in [5, 5.41) is 0. The molecule has 1 aromatic carbocycles. The van der Waals surface area contributed by atoms with E-state index >= 15 is 0 Å². The molecule has 0 unspecified atom stereocenters. The predicted molar refractivity (Wildman–Crippen MR) is 90.5 cm³/mol. The summed E-state index contributed by atoms with van der Waals surface area (Å²) in [7, 11) is -1.98. The third kappa shape index (κ3) is 4.41. The van der Waals surface area contributed by atoms with Crippen LogP contribution in [-0.4, -0.2) is 37.8 Å². The van der Waals surface area contributed by atoms with E-state index in [1.54, 1.807) is 25.5 Å². The molecule has 2 rings (SSSR count). The molecule has 1 aromatic heterocycles. The van der Waals surface area contributed by atoms with Gasteiger partial charge in [0.2, 0.25) is 10.0 Å². The fraction of sp³-hybridized carbons (Fsp3) is 0.176. The van der Waals surface area contributed by atoms with Crippen LogP contribution in [0.15, 0.2) is 53.7 Å². The maximum Gasteiger partial charge on any atom is 0.253 e. The minimum absolute atomic E-state index is 0.0595. The predicted octanol–water partition coefficient (Wildman–Crippen LogP) is 1.27. The van der Waals surface area contributed by atoms with Crippen LogP contribution < -0.4 is 4.72 Å². The number of aromatic nitrogens is 1. The van der Waals surface area contributed by atoms with Gasteiger partial charge in [0.1, 0.15) is 0 Å². The number of amides is 1. The topological polar surface area (TPSA) is 79.4 Å². The molecular weight excluding hydrogens is 326 g/mol. The second kappa shape index (κ2) is 7.73. The highest BCUT2D eigenvalue weighted by Gasteiger charge is 2.16. The number of terminal acetylenes is 1. The molecule has 0 aliphatic rings. The van der Waals surface area contributed by atoms with E-state index in [9.17, 15) is 13.2 Å². The molecule has 2 aromatic rings. The van der Waals surface area contributed by atoms with E-state index in [0.29, 0.717) is 12.1 Å². The first-order chi connectivity index (χ1) is 11.4. The Morgan fingerprint density at radius 1 is 1.29 bits per heavy atom. The van der Waals surface area contributed by atoms with Gasteiger partial charge in [-0.15, -0.1) is 6.42 Å². The monoisotopic (exact) mass is 343 g/mol. The molecular formula is C17H17N3O3S. The number of rotatable bonds is 6. The van der Waals surface area contributed by atoms with Crippen molar-refractivity contribution in [2.75, 3.05) is 13.6 Å². The van der Waals surface area contributed by atoms with Crippen LogP contribution in [0.4, 0.5) is 0 Å². The number of sulfonamides is 1. The molecule has 0 atom stereocenters. The molecule has 1 N–H and O–H groups in total. The van der Waals surface area contributed by atoms with Gasteiger partial charge >= 0.3 is 0 Å². The summed E-state index contributed by atoms with van der Waals surface area (Å²) in [6, 6.07) is 9.40. The van der Waals surface area contributed by atoms with E-state index in [1.807, 2.05) is 6.07 Å². The van der Waals surface area contributed by atoms with Gasteiger partial charge in [0.25, 0.3) is 5.91 Å². The van der Waals surface area contributed by atoms with E-state index < -0.39 is 10.0 Å². The zero-order chi connectivity index (χ0) is 17.6. The molecule has 0 spiro atoms. The third-order valence-corrected chi connectivity index (χ3v) is 4.68. The van der Waals surface area contributed by atoms with Crippen molar-refractivity contribution in [3.8, 4) is 12.3 Å². The Labute approximate surface area is 141 Å². The lowest BCUT2D eigenvalue weighted by Gasteiger charge is -2.17. The fourth-order valence-corrected chi connectivity index (χ4v) is 2.99. The van der Waals surface area contributed by atoms with Crippen molar-refractivity contribution >= 4 is 15.9 Å². The van der Waals surface area contributed by atoms with Gasteiger partial charge in [-0.3, -0.25) is 9.78 Å². The maximum absolute atomic E-state index is 12.4. The van der Waals surface area contributed by atoms with E-state index in [1.165, 1.54) is 29.2 Å². The van der Waals surface area contributed by atoms with E-state index in [0.717, 1.165) is 5.56 Å². The van der Waals surface area contributed by atoms with Crippen LogP contribution in [0.3, 0.4) is 0 Å². The molecule has 0 aliphatic carbocycles. The summed E-state index contributed by atoms with van der Waals surface area (Å²) < 4.78 is 26.1. The molecule has 7 heteroatoms. The quantitative estimate of drug-likeness (QED) is 0.801. The number of carbonyl (C=O) groups excluding carboxylic acids is 1. The minimum atomic E-state index is -3.66. The first-order valence-electron chi connectivity index (χ1n) is 7.11. The lowest BCUT2D eigenvalue weighted by molar-refractivity contribution is 0.0785. The lowest BCUT2D eigenvalue weighted by atomic mass is 10.2. The molecule has 0 fully saturated rings. The van der Waals surface area contributed by atoms with Crippen LogP contribution in [0, 0.1) is 12.3 Å². The van der Waals surface area contributed by atoms with Gasteiger partial charge in [0, 0.05) is 31.5 Å². The van der Waals surface area contributed by atoms with Crippen LogP contribution in [0.1, 0.15) is 15.9 Å². The third-order valence-electron chi connectivity index (χ3n) is 3.27. The average Bonchev–Trinajstić information content (AvgIpc) is 2.60. The van der Waals surface area contributed by atoms with Gasteiger partial charge in [-0.05, 0) is 35.9 Å². The zero-order valence-corrected chi connectivity index (χ0v) is 14.0. The molecule has 0 saturated heterocycles. The van der Waals surface area contributed by atoms with Crippen LogP contribution in [0.5, 0.6) is 0 Å². The Morgan fingerprint density at radius 2 is 2.00 bits per heavy atom. The van der Waals surface area contributed by atoms with Crippen LogP contribution in [0.2, 0.25) is 0 Å². The Balaban J connectivity index is 2.10. The summed E-state index contributed by atoms with van der Waals surface area (Å²) in [5.74, 6) is 2.00. The molecule has 124 valence electrons. The largest absolute Gasteiger partial charge is 0.337 e. The number of nitrogens with zero attached hydrogens (tertiary/aromatic N) is 2. The van der Waals surface area contributed by atoms with E-state index in [2.05, 4.69) is 15.6 Å². The first-order valence-corrected chi connectivity index (χ1v) is 8.60. The average molecular weight is 343 g/mol. The Morgan fingerprint density at radius 3 is 2.58 bits per heavy atom. The van der Waals surface area contributed by atoms with Crippen LogP contribution in [-0.2, 0) is 16.6 Å². The molecule has 0 bridgehead atoms. The number of hydrogen-bond donors (Lipinski definition) is 1. The summed E-state index contributed by atoms with van der Waals surface area (Å²) >= 11 is 0. The number of hydrogen-bond acceptors (Lipinski definition) is 4. The smallest absolute Gasteiger partial charge is 0.253 e. The molecule has 0 saturated carbocycles. The van der Waals surface area contributed by atoms with Crippen molar-refractivity contribution in [1.82, 2.24) is 14.6 Å². The number of nitrogens with one attached hydrogen (secondary N) is 1. The van der Waals surface area contributed by atoms with Gasteiger partial charge in [-0.1, -0.05) is 12.0 Å². The van der Waals surface area contributed by atoms with Gasteiger partial charge in [-0.2, -0.15) is 4.72 Å². The minimum Gasteiger partial charge on any atom is -0.337 e. The molecule has 1 heterocycles. The number of pyridine rings is 1. The Kier molecular flexibility index (Phi) is 5.68. The van der Waals surface area contributed by atoms with Crippen molar-refractivity contribution < 1.29 is 13.2 Å². The summed E-state index contributed by atoms with van der Waals surface area (Å²) in [6.45, 7) is 0.327. The van der Waals surface area contributed by atoms with Crippen molar-refractivity contribution in [3.05, 3.63) is 59.9 Å². The molecule has 6 nitrogen and oxygen atoms in total. The zero-order valence-electron chi connectivity index (χ0n) is 13.1. The first kappa shape index (κ1) is 17.7. The highest BCUT2D eigenvalue weighted by molar-refractivity contribution is 7.89. The highest BCUT2D eigenvalue weighted by atomic mass is 32.2. The summed E-state index contributed by atoms with van der Waals surface area (Å²) in [5.41, 5.74) is 1.31. The van der Waals surface area contributed by atoms with E-state index in [-0.39, 0.29) is 17.3 Å². The van der Waals surface area contributed by atoms with Gasteiger partial charge in [0.15, 0.2) is 0 Å². The van der Waals surface area contributed by atoms with E-state index in [4.69, 9.17) is 6.42 Å². The normalized spacial score (nSPS) is 10.8. The van der Waals surface area contributed by atoms with Crippen LogP contribution >= 0.6 is 0 Å². The maximum atomic E-state index is 12.4. The number of benzene rings is 1. The molecule has 0 radical (unpaired) electrons. The molecule has 1 amide bonds. The van der Waals surface area contributed by atoms with Crippen molar-refractivity contribution in [3.63, 3.8) is 0 Å². The van der Waals surface area contributed by atoms with Gasteiger partial charge in [0.05, 0.1) is 11.4 Å². The number of carbonyl (C=O) groups is 1. The lowest BCUT2D eigenvalue weighted by Crippen LogP contribution is -2.26. The van der Waals surface area contributed by atoms with Crippen LogP contribution in [0.25, 0.3) is 0 Å². The van der Waals surface area contributed by atoms with Gasteiger partial charge < -0.3 is 4.90 Å². The van der Waals surface area contributed by atoms with Crippen molar-refractivity contribution in [2.24, 2.45) is 0 Å². The highest BCUT2D eigenvalue weighted by Crippen LogP contribution is 2.13. The van der Waals surface area contributed by atoms with Gasteiger partial charge in [-0.25, -0.2) is 8.42 Å². The standard InChI is InChI=1S/C17H17N3O3S/c1-3-10-19-24(22,23)16-8-6-15(7-9-16)17(21)20(2)13-14-5-4-11-18-12-14/h1,4-9,11-12,19H,10,13H2,2H3. The Bertz CT molecular complexity index is 841.